The van der Waals surface area contributed by atoms with E-state index in [1.54, 1.807) is 23.5 Å². The van der Waals surface area contributed by atoms with Crippen LogP contribution in [-0.2, 0) is 12.8 Å². The lowest BCUT2D eigenvalue weighted by Gasteiger charge is -2.07. The van der Waals surface area contributed by atoms with Gasteiger partial charge in [-0.15, -0.1) is 11.3 Å². The van der Waals surface area contributed by atoms with Crippen LogP contribution in [0.5, 0.6) is 0 Å². The van der Waals surface area contributed by atoms with Crippen molar-refractivity contribution in [3.63, 3.8) is 0 Å². The van der Waals surface area contributed by atoms with Crippen molar-refractivity contribution in [3.8, 4) is 0 Å². The van der Waals surface area contributed by atoms with Crippen LogP contribution < -0.4 is 0 Å². The van der Waals surface area contributed by atoms with Gasteiger partial charge in [0.1, 0.15) is 0 Å². The van der Waals surface area contributed by atoms with E-state index in [1.807, 2.05) is 17.5 Å². The third kappa shape index (κ3) is 3.17. The fourth-order valence-corrected chi connectivity index (χ4v) is 2.99. The highest BCUT2D eigenvalue weighted by atomic mass is 79.9. The number of non-ortho nitro benzene ring substituents is 1. The zero-order chi connectivity index (χ0) is 13.0. The summed E-state index contributed by atoms with van der Waals surface area (Å²) >= 11 is 5.09. The van der Waals surface area contributed by atoms with Gasteiger partial charge in [-0.05, 0) is 29.0 Å². The molecule has 0 radical (unpaired) electrons. The summed E-state index contributed by atoms with van der Waals surface area (Å²) < 4.78 is 0. The number of benzene rings is 1. The van der Waals surface area contributed by atoms with E-state index in [2.05, 4.69) is 22.0 Å². The standard InChI is InChI=1S/C13H12BrNO2S/c14-6-5-10-3-4-12(15(16)17)8-11(10)9-13-2-1-7-18-13/h1-4,7-8H,5-6,9H2. The van der Waals surface area contributed by atoms with E-state index in [-0.39, 0.29) is 10.6 Å². The van der Waals surface area contributed by atoms with Crippen LogP contribution in [0.1, 0.15) is 16.0 Å². The summed E-state index contributed by atoms with van der Waals surface area (Å²) in [5, 5.41) is 13.7. The first-order valence-corrected chi connectivity index (χ1v) is 7.55. The summed E-state index contributed by atoms with van der Waals surface area (Å²) in [5.41, 5.74) is 2.39. The van der Waals surface area contributed by atoms with Crippen LogP contribution >= 0.6 is 27.3 Å². The third-order valence-corrected chi connectivity index (χ3v) is 3.98. The minimum atomic E-state index is -0.337. The van der Waals surface area contributed by atoms with Gasteiger partial charge in [0.15, 0.2) is 0 Å². The molecule has 0 unspecified atom stereocenters. The molecule has 0 N–H and O–H groups in total. The Bertz CT molecular complexity index is 540. The zero-order valence-corrected chi connectivity index (χ0v) is 12.0. The van der Waals surface area contributed by atoms with Crippen molar-refractivity contribution >= 4 is 33.0 Å². The SMILES string of the molecule is O=[N+]([O-])c1ccc(CCBr)c(Cc2cccs2)c1. The van der Waals surface area contributed by atoms with Crippen molar-refractivity contribution in [1.82, 2.24) is 0 Å². The summed E-state index contributed by atoms with van der Waals surface area (Å²) in [5.74, 6) is 0. The Kier molecular flexibility index (Phi) is 4.49. The summed E-state index contributed by atoms with van der Waals surface area (Å²) in [7, 11) is 0. The van der Waals surface area contributed by atoms with Crippen LogP contribution in [0, 0.1) is 10.1 Å². The molecule has 0 spiro atoms. The van der Waals surface area contributed by atoms with Gasteiger partial charge in [-0.3, -0.25) is 10.1 Å². The predicted molar refractivity (Wildman–Crippen MR) is 77.7 cm³/mol. The van der Waals surface area contributed by atoms with Gasteiger partial charge >= 0.3 is 0 Å². The lowest BCUT2D eigenvalue weighted by atomic mass is 10.0. The fourth-order valence-electron chi connectivity index (χ4n) is 1.84. The smallest absolute Gasteiger partial charge is 0.258 e. The quantitative estimate of drug-likeness (QED) is 0.470. The molecule has 0 amide bonds. The minimum Gasteiger partial charge on any atom is -0.258 e. The number of rotatable bonds is 5. The van der Waals surface area contributed by atoms with E-state index in [4.69, 9.17) is 0 Å². The number of nitrogens with zero attached hydrogens (tertiary/aromatic N) is 1. The zero-order valence-electron chi connectivity index (χ0n) is 9.64. The molecule has 0 aliphatic carbocycles. The second-order valence-electron chi connectivity index (χ2n) is 3.91. The largest absolute Gasteiger partial charge is 0.269 e. The summed E-state index contributed by atoms with van der Waals surface area (Å²) in [4.78, 5) is 11.7. The summed E-state index contributed by atoms with van der Waals surface area (Å²) in [6.45, 7) is 0. The first-order chi connectivity index (χ1) is 8.70. The first kappa shape index (κ1) is 13.2. The Labute approximate surface area is 118 Å². The van der Waals surface area contributed by atoms with Crippen molar-refractivity contribution in [2.24, 2.45) is 0 Å². The van der Waals surface area contributed by atoms with E-state index in [0.717, 1.165) is 23.7 Å². The van der Waals surface area contributed by atoms with Crippen LogP contribution in [-0.4, -0.2) is 10.3 Å². The molecule has 0 atom stereocenters. The lowest BCUT2D eigenvalue weighted by molar-refractivity contribution is -0.384. The first-order valence-electron chi connectivity index (χ1n) is 5.55. The molecule has 0 fully saturated rings. The monoisotopic (exact) mass is 325 g/mol. The molecule has 2 aromatic rings. The Morgan fingerprint density at radius 1 is 1.28 bits per heavy atom. The van der Waals surface area contributed by atoms with Gasteiger partial charge < -0.3 is 0 Å². The topological polar surface area (TPSA) is 43.1 Å². The van der Waals surface area contributed by atoms with Crippen LogP contribution in [0.15, 0.2) is 35.7 Å². The van der Waals surface area contributed by atoms with Crippen molar-refractivity contribution in [1.29, 1.82) is 0 Å². The highest BCUT2D eigenvalue weighted by molar-refractivity contribution is 9.09. The fraction of sp³-hybridized carbons (Fsp3) is 0.231. The second kappa shape index (κ2) is 6.11. The number of nitro benzene ring substituents is 1. The normalized spacial score (nSPS) is 10.5. The third-order valence-electron chi connectivity index (χ3n) is 2.71. The molecular formula is C13H12BrNO2S. The van der Waals surface area contributed by atoms with Gasteiger partial charge in [0.25, 0.3) is 5.69 Å². The molecule has 0 saturated carbocycles. The molecule has 1 heterocycles. The molecule has 18 heavy (non-hydrogen) atoms. The predicted octanol–water partition coefficient (Wildman–Crippen LogP) is 4.18. The average molecular weight is 326 g/mol. The minimum absolute atomic E-state index is 0.167. The number of aryl methyl sites for hydroxylation is 1. The Balaban J connectivity index is 2.34. The molecule has 94 valence electrons. The van der Waals surface area contributed by atoms with Gasteiger partial charge in [-0.25, -0.2) is 0 Å². The Morgan fingerprint density at radius 3 is 2.72 bits per heavy atom. The molecular weight excluding hydrogens is 314 g/mol. The number of hydrogen-bond donors (Lipinski definition) is 0. The van der Waals surface area contributed by atoms with Crippen LogP contribution in [0.25, 0.3) is 0 Å². The summed E-state index contributed by atoms with van der Waals surface area (Å²) in [6.07, 6.45) is 1.65. The van der Waals surface area contributed by atoms with Crippen LogP contribution in [0.2, 0.25) is 0 Å². The van der Waals surface area contributed by atoms with E-state index in [1.165, 1.54) is 10.4 Å². The van der Waals surface area contributed by atoms with Crippen molar-refractivity contribution < 1.29 is 4.92 Å². The Morgan fingerprint density at radius 2 is 2.11 bits per heavy atom. The molecule has 0 saturated heterocycles. The number of hydrogen-bond acceptors (Lipinski definition) is 3. The number of alkyl halides is 1. The van der Waals surface area contributed by atoms with E-state index < -0.39 is 0 Å². The molecule has 0 bridgehead atoms. The highest BCUT2D eigenvalue weighted by Crippen LogP contribution is 2.23. The maximum atomic E-state index is 10.8. The lowest BCUT2D eigenvalue weighted by Crippen LogP contribution is -1.98. The summed E-state index contributed by atoms with van der Waals surface area (Å²) in [6, 6.07) is 9.19. The molecule has 0 aliphatic heterocycles. The average Bonchev–Trinajstić information content (AvgIpc) is 2.84. The van der Waals surface area contributed by atoms with E-state index in [0.29, 0.717) is 0 Å². The van der Waals surface area contributed by atoms with Gasteiger partial charge in [-0.2, -0.15) is 0 Å². The van der Waals surface area contributed by atoms with Gasteiger partial charge in [0, 0.05) is 28.8 Å². The van der Waals surface area contributed by atoms with Crippen molar-refractivity contribution in [2.75, 3.05) is 5.33 Å². The molecule has 1 aromatic carbocycles. The van der Waals surface area contributed by atoms with Gasteiger partial charge in [0.05, 0.1) is 4.92 Å². The molecule has 2 rings (SSSR count). The molecule has 5 heteroatoms. The number of nitro groups is 1. The second-order valence-corrected chi connectivity index (χ2v) is 5.73. The van der Waals surface area contributed by atoms with E-state index in [9.17, 15) is 10.1 Å². The maximum Gasteiger partial charge on any atom is 0.269 e. The van der Waals surface area contributed by atoms with Crippen molar-refractivity contribution in [2.45, 2.75) is 12.8 Å². The van der Waals surface area contributed by atoms with E-state index >= 15 is 0 Å². The Hall–Kier alpha value is -1.20. The highest BCUT2D eigenvalue weighted by Gasteiger charge is 2.11. The number of thiophene rings is 1. The van der Waals surface area contributed by atoms with Gasteiger partial charge in [0.2, 0.25) is 0 Å². The maximum absolute atomic E-state index is 10.8. The van der Waals surface area contributed by atoms with Crippen molar-refractivity contribution in [3.05, 3.63) is 61.8 Å². The van der Waals surface area contributed by atoms with Crippen LogP contribution in [0.3, 0.4) is 0 Å². The van der Waals surface area contributed by atoms with Crippen LogP contribution in [0.4, 0.5) is 5.69 Å². The molecule has 3 nitrogen and oxygen atoms in total. The van der Waals surface area contributed by atoms with Gasteiger partial charge in [-0.1, -0.05) is 28.1 Å². The number of halogens is 1. The molecule has 1 aromatic heterocycles. The molecule has 0 aliphatic rings.